The smallest absolute Gasteiger partial charge is 0.0657 e. The quantitative estimate of drug-likeness (QED) is 0.834. The van der Waals surface area contributed by atoms with Crippen LogP contribution < -0.4 is 5.32 Å². The van der Waals surface area contributed by atoms with E-state index in [1.165, 1.54) is 30.5 Å². The van der Waals surface area contributed by atoms with Gasteiger partial charge in [0.25, 0.3) is 0 Å². The third kappa shape index (κ3) is 2.21. The van der Waals surface area contributed by atoms with Gasteiger partial charge in [-0.05, 0) is 24.8 Å². The predicted molar refractivity (Wildman–Crippen MR) is 70.0 cm³/mol. The van der Waals surface area contributed by atoms with Crippen LogP contribution in [-0.2, 0) is 6.54 Å². The molecule has 1 aliphatic heterocycles. The molecule has 0 saturated carbocycles. The van der Waals surface area contributed by atoms with Crippen LogP contribution in [0, 0.1) is 0 Å². The summed E-state index contributed by atoms with van der Waals surface area (Å²) >= 11 is 0. The van der Waals surface area contributed by atoms with Crippen molar-refractivity contribution in [2.75, 3.05) is 0 Å². The van der Waals surface area contributed by atoms with Gasteiger partial charge >= 0.3 is 0 Å². The maximum absolute atomic E-state index is 3.45. The van der Waals surface area contributed by atoms with Crippen molar-refractivity contribution in [1.29, 1.82) is 0 Å². The molecule has 2 heteroatoms. The summed E-state index contributed by atoms with van der Waals surface area (Å²) < 4.78 is 0. The van der Waals surface area contributed by atoms with Gasteiger partial charge in [0.15, 0.2) is 0 Å². The predicted octanol–water partition coefficient (Wildman–Crippen LogP) is 3.00. The van der Waals surface area contributed by atoms with Gasteiger partial charge in [-0.25, -0.2) is 0 Å². The zero-order chi connectivity index (χ0) is 11.5. The maximum Gasteiger partial charge on any atom is 0.0657 e. The van der Waals surface area contributed by atoms with E-state index in [1.54, 1.807) is 0 Å². The van der Waals surface area contributed by atoms with Crippen LogP contribution in [0.25, 0.3) is 0 Å². The number of benzene rings is 1. The lowest BCUT2D eigenvalue weighted by Gasteiger charge is -2.36. The lowest BCUT2D eigenvalue weighted by molar-refractivity contribution is 0.355. The molecule has 1 heterocycles. The van der Waals surface area contributed by atoms with Crippen LogP contribution in [0.5, 0.6) is 0 Å². The summed E-state index contributed by atoms with van der Waals surface area (Å²) in [5.74, 6) is 0. The number of hydrogen-bond donors (Lipinski definition) is 1. The minimum Gasteiger partial charge on any atom is -0.381 e. The second-order valence-corrected chi connectivity index (χ2v) is 4.71. The van der Waals surface area contributed by atoms with E-state index in [0.29, 0.717) is 6.04 Å². The first-order valence-corrected chi connectivity index (χ1v) is 6.37. The Labute approximate surface area is 103 Å². The zero-order valence-electron chi connectivity index (χ0n) is 9.97. The van der Waals surface area contributed by atoms with Gasteiger partial charge < -0.3 is 10.2 Å². The lowest BCUT2D eigenvalue weighted by atomic mass is 9.97. The summed E-state index contributed by atoms with van der Waals surface area (Å²) in [4.78, 5) is 2.37. The van der Waals surface area contributed by atoms with Crippen molar-refractivity contribution >= 4 is 0 Å². The fraction of sp³-hybridized carbons (Fsp3) is 0.333. The van der Waals surface area contributed by atoms with Gasteiger partial charge in [-0.3, -0.25) is 0 Å². The molecule has 0 radical (unpaired) electrons. The molecule has 0 saturated heterocycles. The van der Waals surface area contributed by atoms with Crippen LogP contribution >= 0.6 is 0 Å². The van der Waals surface area contributed by atoms with E-state index in [1.807, 2.05) is 0 Å². The average Bonchev–Trinajstić information content (AvgIpc) is 2.40. The minimum atomic E-state index is 0.525. The lowest BCUT2D eigenvalue weighted by Crippen LogP contribution is -2.39. The molecule has 1 atom stereocenters. The average molecular weight is 226 g/mol. The zero-order valence-corrected chi connectivity index (χ0v) is 9.97. The van der Waals surface area contributed by atoms with Crippen LogP contribution in [0.1, 0.15) is 24.8 Å². The molecule has 0 amide bonds. The topological polar surface area (TPSA) is 15.3 Å². The van der Waals surface area contributed by atoms with Gasteiger partial charge in [0.1, 0.15) is 0 Å². The van der Waals surface area contributed by atoms with Crippen LogP contribution in [-0.4, -0.2) is 10.9 Å². The Morgan fingerprint density at radius 1 is 1.24 bits per heavy atom. The first-order chi connectivity index (χ1) is 8.43. The molecular formula is C15H18N2. The first kappa shape index (κ1) is 10.5. The van der Waals surface area contributed by atoms with Gasteiger partial charge in [-0.1, -0.05) is 36.4 Å². The Hall–Kier alpha value is -1.70. The molecule has 2 aliphatic rings. The summed E-state index contributed by atoms with van der Waals surface area (Å²) in [6.45, 7) is 0.974. The molecule has 3 rings (SSSR count). The molecule has 0 spiro atoms. The fourth-order valence-corrected chi connectivity index (χ4v) is 2.61. The van der Waals surface area contributed by atoms with E-state index in [9.17, 15) is 0 Å². The van der Waals surface area contributed by atoms with Gasteiger partial charge in [-0.15, -0.1) is 0 Å². The van der Waals surface area contributed by atoms with Crippen molar-refractivity contribution in [2.24, 2.45) is 0 Å². The van der Waals surface area contributed by atoms with Crippen LogP contribution in [0.15, 0.2) is 54.5 Å². The van der Waals surface area contributed by atoms with E-state index >= 15 is 0 Å². The summed E-state index contributed by atoms with van der Waals surface area (Å²) in [6, 6.07) is 11.2. The van der Waals surface area contributed by atoms with Crippen molar-refractivity contribution in [1.82, 2.24) is 10.2 Å². The monoisotopic (exact) mass is 226 g/mol. The summed E-state index contributed by atoms with van der Waals surface area (Å²) in [7, 11) is 0. The summed E-state index contributed by atoms with van der Waals surface area (Å²) in [6.07, 6.45) is 10.4. The Morgan fingerprint density at radius 3 is 3.00 bits per heavy atom. The second-order valence-electron chi connectivity index (χ2n) is 4.71. The van der Waals surface area contributed by atoms with Gasteiger partial charge in [0.2, 0.25) is 0 Å². The molecule has 1 aromatic rings. The SMILES string of the molecule is C1=CN(Cc2ccccc2)C2=CCCCC2N1. The van der Waals surface area contributed by atoms with Crippen molar-refractivity contribution in [3.05, 3.63) is 60.1 Å². The Bertz CT molecular complexity index is 433. The van der Waals surface area contributed by atoms with Crippen molar-refractivity contribution < 1.29 is 0 Å². The van der Waals surface area contributed by atoms with Gasteiger partial charge in [-0.2, -0.15) is 0 Å². The number of nitrogens with one attached hydrogen (secondary N) is 1. The Kier molecular flexibility index (Phi) is 2.87. The normalized spacial score (nSPS) is 22.7. The molecular weight excluding hydrogens is 208 g/mol. The minimum absolute atomic E-state index is 0.525. The van der Waals surface area contributed by atoms with Gasteiger partial charge in [0, 0.05) is 24.6 Å². The Morgan fingerprint density at radius 2 is 2.12 bits per heavy atom. The molecule has 88 valence electrons. The number of allylic oxidation sites excluding steroid dienone is 1. The first-order valence-electron chi connectivity index (χ1n) is 6.37. The largest absolute Gasteiger partial charge is 0.381 e. The second kappa shape index (κ2) is 4.66. The molecule has 1 unspecified atom stereocenters. The summed E-state index contributed by atoms with van der Waals surface area (Å²) in [5.41, 5.74) is 2.81. The molecule has 0 aromatic heterocycles. The number of fused-ring (bicyclic) bond motifs is 1. The van der Waals surface area contributed by atoms with Crippen molar-refractivity contribution in [3.63, 3.8) is 0 Å². The van der Waals surface area contributed by atoms with Crippen LogP contribution in [0.4, 0.5) is 0 Å². The highest BCUT2D eigenvalue weighted by Crippen LogP contribution is 2.26. The molecule has 1 aromatic carbocycles. The van der Waals surface area contributed by atoms with E-state index in [4.69, 9.17) is 0 Å². The van der Waals surface area contributed by atoms with E-state index in [0.717, 1.165) is 6.54 Å². The number of rotatable bonds is 2. The molecule has 1 N–H and O–H groups in total. The third-order valence-electron chi connectivity index (χ3n) is 3.49. The maximum atomic E-state index is 3.45. The van der Waals surface area contributed by atoms with Crippen LogP contribution in [0.2, 0.25) is 0 Å². The highest BCUT2D eigenvalue weighted by Gasteiger charge is 2.23. The van der Waals surface area contributed by atoms with Crippen LogP contribution in [0.3, 0.4) is 0 Å². The number of nitrogens with zero attached hydrogens (tertiary/aromatic N) is 1. The van der Waals surface area contributed by atoms with E-state index in [2.05, 4.69) is 59.0 Å². The highest BCUT2D eigenvalue weighted by atomic mass is 15.2. The molecule has 0 fully saturated rings. The molecule has 1 aliphatic carbocycles. The Balaban J connectivity index is 1.80. The van der Waals surface area contributed by atoms with Gasteiger partial charge in [0.05, 0.1) is 6.04 Å². The molecule has 0 bridgehead atoms. The van der Waals surface area contributed by atoms with Crippen molar-refractivity contribution in [2.45, 2.75) is 31.8 Å². The third-order valence-corrected chi connectivity index (χ3v) is 3.49. The van der Waals surface area contributed by atoms with E-state index < -0.39 is 0 Å². The standard InChI is InChI=1S/C15H18N2/c1-2-6-13(7-3-1)12-17-11-10-16-14-8-4-5-9-15(14)17/h1-3,6-7,9-11,14,16H,4-5,8,12H2. The van der Waals surface area contributed by atoms with Crippen molar-refractivity contribution in [3.8, 4) is 0 Å². The summed E-state index contributed by atoms with van der Waals surface area (Å²) in [5, 5.41) is 3.45. The molecule has 17 heavy (non-hydrogen) atoms. The molecule has 2 nitrogen and oxygen atoms in total. The van der Waals surface area contributed by atoms with E-state index in [-0.39, 0.29) is 0 Å². The fourth-order valence-electron chi connectivity index (χ4n) is 2.61. The number of hydrogen-bond acceptors (Lipinski definition) is 2. The highest BCUT2D eigenvalue weighted by molar-refractivity contribution is 5.23.